The highest BCUT2D eigenvalue weighted by Crippen LogP contribution is 2.23. The average Bonchev–Trinajstić information content (AvgIpc) is 2.77. The van der Waals surface area contributed by atoms with Crippen LogP contribution in [0.15, 0.2) is 41.6 Å². The van der Waals surface area contributed by atoms with Crippen molar-refractivity contribution < 1.29 is 8.42 Å². The van der Waals surface area contributed by atoms with E-state index >= 15 is 0 Å². The van der Waals surface area contributed by atoms with Crippen molar-refractivity contribution in [1.29, 1.82) is 0 Å². The monoisotopic (exact) mass is 284 g/mol. The van der Waals surface area contributed by atoms with Gasteiger partial charge in [-0.15, -0.1) is 0 Å². The Morgan fingerprint density at radius 1 is 1.17 bits per heavy atom. The third kappa shape index (κ3) is 2.73. The second kappa shape index (κ2) is 4.74. The third-order valence-electron chi connectivity index (χ3n) is 2.60. The molecule has 0 atom stereocenters. The minimum Gasteiger partial charge on any atom is -0.270 e. The SMILES string of the molecule is CC(C)n1cc(-c2ccc(S(=O)(=O)Cl)cc2)cn1. The zero-order valence-electron chi connectivity index (χ0n) is 10.0. The fourth-order valence-corrected chi connectivity index (χ4v) is 2.35. The topological polar surface area (TPSA) is 52.0 Å². The lowest BCUT2D eigenvalue weighted by atomic mass is 10.1. The second-order valence-corrected chi connectivity index (χ2v) is 6.83. The highest BCUT2D eigenvalue weighted by atomic mass is 35.7. The molecule has 1 heterocycles. The Morgan fingerprint density at radius 3 is 2.22 bits per heavy atom. The summed E-state index contributed by atoms with van der Waals surface area (Å²) in [5.41, 5.74) is 1.85. The van der Waals surface area contributed by atoms with Gasteiger partial charge in [0.1, 0.15) is 0 Å². The molecule has 2 rings (SSSR count). The molecule has 0 aliphatic rings. The van der Waals surface area contributed by atoms with Crippen LogP contribution in [-0.4, -0.2) is 18.2 Å². The maximum Gasteiger partial charge on any atom is 0.261 e. The molecule has 0 saturated heterocycles. The number of hydrogen-bond acceptors (Lipinski definition) is 3. The maximum absolute atomic E-state index is 11.1. The van der Waals surface area contributed by atoms with Gasteiger partial charge in [-0.05, 0) is 31.5 Å². The fourth-order valence-electron chi connectivity index (χ4n) is 1.58. The lowest BCUT2D eigenvalue weighted by Crippen LogP contribution is -1.99. The summed E-state index contributed by atoms with van der Waals surface area (Å²) in [4.78, 5) is 0.101. The fraction of sp³-hybridized carbons (Fsp3) is 0.250. The first kappa shape index (κ1) is 13.1. The smallest absolute Gasteiger partial charge is 0.261 e. The predicted molar refractivity (Wildman–Crippen MR) is 71.1 cm³/mol. The first-order chi connectivity index (χ1) is 8.38. The van der Waals surface area contributed by atoms with E-state index in [1.165, 1.54) is 12.1 Å². The highest BCUT2D eigenvalue weighted by Gasteiger charge is 2.10. The molecule has 1 aromatic carbocycles. The first-order valence-corrected chi connectivity index (χ1v) is 7.78. The van der Waals surface area contributed by atoms with Crippen LogP contribution in [-0.2, 0) is 9.05 Å². The van der Waals surface area contributed by atoms with Crippen molar-refractivity contribution in [3.05, 3.63) is 36.7 Å². The van der Waals surface area contributed by atoms with Crippen molar-refractivity contribution in [3.63, 3.8) is 0 Å². The zero-order valence-corrected chi connectivity index (χ0v) is 11.6. The van der Waals surface area contributed by atoms with Crippen molar-refractivity contribution in [3.8, 4) is 11.1 Å². The van der Waals surface area contributed by atoms with E-state index in [1.54, 1.807) is 18.3 Å². The van der Waals surface area contributed by atoms with Crippen LogP contribution in [0.5, 0.6) is 0 Å². The molecule has 0 aliphatic heterocycles. The molecule has 0 N–H and O–H groups in total. The summed E-state index contributed by atoms with van der Waals surface area (Å²) in [6, 6.07) is 6.71. The molecule has 0 amide bonds. The molecule has 0 fully saturated rings. The van der Waals surface area contributed by atoms with Gasteiger partial charge in [0.2, 0.25) is 0 Å². The van der Waals surface area contributed by atoms with Gasteiger partial charge in [-0.2, -0.15) is 5.10 Å². The Balaban J connectivity index is 2.34. The zero-order chi connectivity index (χ0) is 13.3. The first-order valence-electron chi connectivity index (χ1n) is 5.47. The van der Waals surface area contributed by atoms with Crippen LogP contribution in [0.25, 0.3) is 11.1 Å². The summed E-state index contributed by atoms with van der Waals surface area (Å²) < 4.78 is 24.1. The molecule has 6 heteroatoms. The molecular formula is C12H13ClN2O2S. The van der Waals surface area contributed by atoms with Crippen LogP contribution in [0.3, 0.4) is 0 Å². The molecule has 1 aromatic heterocycles. The lowest BCUT2D eigenvalue weighted by molar-refractivity contribution is 0.532. The standard InChI is InChI=1S/C12H13ClN2O2S/c1-9(2)15-8-11(7-14-15)10-3-5-12(6-4-10)18(13,16)17/h3-9H,1-2H3. The maximum atomic E-state index is 11.1. The molecule has 18 heavy (non-hydrogen) atoms. The summed E-state index contributed by atoms with van der Waals surface area (Å²) in [5, 5.41) is 4.24. The van der Waals surface area contributed by atoms with Gasteiger partial charge in [0.25, 0.3) is 9.05 Å². The van der Waals surface area contributed by atoms with Crippen LogP contribution in [0.2, 0.25) is 0 Å². The van der Waals surface area contributed by atoms with Gasteiger partial charge in [-0.1, -0.05) is 12.1 Å². The Morgan fingerprint density at radius 2 is 1.78 bits per heavy atom. The Kier molecular flexibility index (Phi) is 3.45. The largest absolute Gasteiger partial charge is 0.270 e. The van der Waals surface area contributed by atoms with Crippen molar-refractivity contribution in [1.82, 2.24) is 9.78 Å². The van der Waals surface area contributed by atoms with Gasteiger partial charge in [0, 0.05) is 28.5 Å². The molecule has 96 valence electrons. The Bertz CT molecular complexity index is 645. The summed E-state index contributed by atoms with van der Waals surface area (Å²) in [7, 11) is 1.60. The van der Waals surface area contributed by atoms with Gasteiger partial charge in [0.05, 0.1) is 11.1 Å². The number of nitrogens with zero attached hydrogens (tertiary/aromatic N) is 2. The van der Waals surface area contributed by atoms with E-state index < -0.39 is 9.05 Å². The van der Waals surface area contributed by atoms with Crippen LogP contribution < -0.4 is 0 Å². The molecule has 0 saturated carbocycles. The van der Waals surface area contributed by atoms with E-state index in [1.807, 2.05) is 24.7 Å². The summed E-state index contributed by atoms with van der Waals surface area (Å²) in [5.74, 6) is 0. The quantitative estimate of drug-likeness (QED) is 0.814. The molecule has 0 spiro atoms. The average molecular weight is 285 g/mol. The van der Waals surface area contributed by atoms with Crippen LogP contribution in [0, 0.1) is 0 Å². The normalized spacial score (nSPS) is 12.0. The van der Waals surface area contributed by atoms with Crippen molar-refractivity contribution in [2.45, 2.75) is 24.8 Å². The van der Waals surface area contributed by atoms with Gasteiger partial charge in [-0.3, -0.25) is 4.68 Å². The minimum absolute atomic E-state index is 0.101. The molecule has 0 aliphatic carbocycles. The lowest BCUT2D eigenvalue weighted by Gasteiger charge is -2.03. The summed E-state index contributed by atoms with van der Waals surface area (Å²) in [6.45, 7) is 4.08. The molecule has 0 radical (unpaired) electrons. The van der Waals surface area contributed by atoms with Gasteiger partial charge >= 0.3 is 0 Å². The number of halogens is 1. The number of rotatable bonds is 3. The van der Waals surface area contributed by atoms with Gasteiger partial charge < -0.3 is 0 Å². The molecular weight excluding hydrogens is 272 g/mol. The van der Waals surface area contributed by atoms with E-state index in [0.717, 1.165) is 11.1 Å². The van der Waals surface area contributed by atoms with E-state index in [2.05, 4.69) is 5.10 Å². The predicted octanol–water partition coefficient (Wildman–Crippen LogP) is 3.06. The molecule has 2 aromatic rings. The third-order valence-corrected chi connectivity index (χ3v) is 3.97. The van der Waals surface area contributed by atoms with E-state index in [9.17, 15) is 8.42 Å². The minimum atomic E-state index is -3.66. The van der Waals surface area contributed by atoms with Crippen LogP contribution >= 0.6 is 10.7 Å². The number of benzene rings is 1. The summed E-state index contributed by atoms with van der Waals surface area (Å²) >= 11 is 0. The Hall–Kier alpha value is -1.33. The molecule has 0 unspecified atom stereocenters. The van der Waals surface area contributed by atoms with E-state index in [4.69, 9.17) is 10.7 Å². The molecule has 4 nitrogen and oxygen atoms in total. The van der Waals surface area contributed by atoms with Crippen LogP contribution in [0.1, 0.15) is 19.9 Å². The van der Waals surface area contributed by atoms with Crippen molar-refractivity contribution in [2.75, 3.05) is 0 Å². The second-order valence-electron chi connectivity index (χ2n) is 4.26. The Labute approximate surface area is 111 Å². The van der Waals surface area contributed by atoms with E-state index in [-0.39, 0.29) is 4.90 Å². The van der Waals surface area contributed by atoms with Gasteiger partial charge in [0.15, 0.2) is 0 Å². The molecule has 0 bridgehead atoms. The van der Waals surface area contributed by atoms with Crippen LogP contribution in [0.4, 0.5) is 0 Å². The summed E-state index contributed by atoms with van der Waals surface area (Å²) in [6.07, 6.45) is 3.68. The van der Waals surface area contributed by atoms with Crippen molar-refractivity contribution in [2.24, 2.45) is 0 Å². The number of hydrogen-bond donors (Lipinski definition) is 0. The number of aromatic nitrogens is 2. The highest BCUT2D eigenvalue weighted by molar-refractivity contribution is 8.13. The van der Waals surface area contributed by atoms with Crippen molar-refractivity contribution >= 4 is 19.7 Å². The van der Waals surface area contributed by atoms with Gasteiger partial charge in [-0.25, -0.2) is 8.42 Å². The van der Waals surface area contributed by atoms with E-state index in [0.29, 0.717) is 6.04 Å².